The Morgan fingerprint density at radius 2 is 1.30 bits per heavy atom. The second-order valence-corrected chi connectivity index (χ2v) is 8.69. The van der Waals surface area contributed by atoms with Crippen LogP contribution in [0, 0.1) is 6.92 Å². The van der Waals surface area contributed by atoms with Crippen LogP contribution in [0.2, 0.25) is 0 Å². The van der Waals surface area contributed by atoms with Gasteiger partial charge in [0.05, 0.1) is 0 Å². The Hall–Kier alpha value is -3.52. The lowest BCUT2D eigenvalue weighted by Crippen LogP contribution is -2.15. The van der Waals surface area contributed by atoms with E-state index in [4.69, 9.17) is 9.47 Å². The minimum Gasteiger partial charge on any atom is -0.449 e. The fraction of sp³-hybridized carbons (Fsp3) is 0.143. The highest BCUT2D eigenvalue weighted by Gasteiger charge is 2.39. The standard InChI is InChI=1S/C28H22O2/c1-17-11-13-18(14-12-17)19-8-6-10-23-26(19)29-24-16-15-22-25(27(24)30-23)20-7-4-5-9-21(20)28(22,2)3/h4-16H,1-3H3. The number of aryl methyl sites for hydroxylation is 1. The molecule has 1 aliphatic heterocycles. The average Bonchev–Trinajstić information content (AvgIpc) is 3.00. The lowest BCUT2D eigenvalue weighted by atomic mass is 9.82. The van der Waals surface area contributed by atoms with Crippen molar-refractivity contribution >= 4 is 0 Å². The fourth-order valence-corrected chi connectivity index (χ4v) is 4.81. The van der Waals surface area contributed by atoms with Gasteiger partial charge in [-0.15, -0.1) is 0 Å². The Bertz CT molecular complexity index is 1310. The summed E-state index contributed by atoms with van der Waals surface area (Å²) in [5, 5.41) is 0. The molecule has 4 aromatic carbocycles. The first-order valence-electron chi connectivity index (χ1n) is 10.4. The molecule has 0 unspecified atom stereocenters. The van der Waals surface area contributed by atoms with Gasteiger partial charge in [-0.3, -0.25) is 0 Å². The Labute approximate surface area is 176 Å². The molecule has 0 atom stereocenters. The molecule has 0 saturated carbocycles. The largest absolute Gasteiger partial charge is 0.449 e. The third-order valence-electron chi connectivity index (χ3n) is 6.43. The summed E-state index contributed by atoms with van der Waals surface area (Å²) in [5.41, 5.74) is 8.34. The van der Waals surface area contributed by atoms with Crippen molar-refractivity contribution in [1.29, 1.82) is 0 Å². The van der Waals surface area contributed by atoms with Gasteiger partial charge in [-0.25, -0.2) is 0 Å². The van der Waals surface area contributed by atoms with Gasteiger partial charge in [0.15, 0.2) is 23.0 Å². The van der Waals surface area contributed by atoms with Gasteiger partial charge >= 0.3 is 0 Å². The minimum atomic E-state index is -0.0612. The van der Waals surface area contributed by atoms with Crippen molar-refractivity contribution in [2.45, 2.75) is 26.2 Å². The highest BCUT2D eigenvalue weighted by Crippen LogP contribution is 2.59. The summed E-state index contributed by atoms with van der Waals surface area (Å²) in [5.74, 6) is 3.13. The van der Waals surface area contributed by atoms with Crippen LogP contribution in [0.5, 0.6) is 23.0 Å². The molecule has 0 spiro atoms. The van der Waals surface area contributed by atoms with Crippen molar-refractivity contribution in [2.75, 3.05) is 0 Å². The molecule has 146 valence electrons. The van der Waals surface area contributed by atoms with Crippen molar-refractivity contribution in [3.05, 3.63) is 95.6 Å². The third kappa shape index (κ3) is 2.31. The Balaban J connectivity index is 1.53. The van der Waals surface area contributed by atoms with Crippen LogP contribution in [0.15, 0.2) is 78.9 Å². The molecule has 1 heterocycles. The summed E-state index contributed by atoms with van der Waals surface area (Å²) in [6.07, 6.45) is 0. The number of rotatable bonds is 1. The zero-order chi connectivity index (χ0) is 20.5. The van der Waals surface area contributed by atoms with E-state index < -0.39 is 0 Å². The monoisotopic (exact) mass is 390 g/mol. The molecule has 30 heavy (non-hydrogen) atoms. The van der Waals surface area contributed by atoms with Gasteiger partial charge in [0.25, 0.3) is 0 Å². The van der Waals surface area contributed by atoms with Gasteiger partial charge in [0, 0.05) is 16.5 Å². The third-order valence-corrected chi connectivity index (χ3v) is 6.43. The SMILES string of the molecule is Cc1ccc(-c2cccc3c2Oc2ccc4c(c2O3)-c2ccccc2C4(C)C)cc1. The van der Waals surface area contributed by atoms with Gasteiger partial charge in [-0.05, 0) is 41.3 Å². The van der Waals surface area contributed by atoms with Gasteiger partial charge < -0.3 is 9.47 Å². The summed E-state index contributed by atoms with van der Waals surface area (Å²) in [6, 6.07) is 27.5. The molecule has 6 rings (SSSR count). The normalized spacial score (nSPS) is 14.6. The van der Waals surface area contributed by atoms with Crippen LogP contribution < -0.4 is 9.47 Å². The Morgan fingerprint density at radius 1 is 0.600 bits per heavy atom. The zero-order valence-corrected chi connectivity index (χ0v) is 17.3. The molecule has 0 fully saturated rings. The van der Waals surface area contributed by atoms with Crippen LogP contribution in [-0.2, 0) is 5.41 Å². The summed E-state index contributed by atoms with van der Waals surface area (Å²) in [4.78, 5) is 0. The van der Waals surface area contributed by atoms with Gasteiger partial charge in [0.2, 0.25) is 0 Å². The summed E-state index contributed by atoms with van der Waals surface area (Å²) in [6.45, 7) is 6.65. The van der Waals surface area contributed by atoms with Crippen LogP contribution in [-0.4, -0.2) is 0 Å². The number of ether oxygens (including phenoxy) is 2. The molecular weight excluding hydrogens is 368 g/mol. The smallest absolute Gasteiger partial charge is 0.178 e. The molecule has 0 aromatic heterocycles. The second kappa shape index (κ2) is 5.99. The maximum Gasteiger partial charge on any atom is 0.178 e. The molecule has 0 N–H and O–H groups in total. The number of para-hydroxylation sites is 1. The van der Waals surface area contributed by atoms with Crippen molar-refractivity contribution in [3.63, 3.8) is 0 Å². The molecule has 0 radical (unpaired) electrons. The molecule has 2 heteroatoms. The topological polar surface area (TPSA) is 18.5 Å². The number of hydrogen-bond acceptors (Lipinski definition) is 2. The van der Waals surface area contributed by atoms with Gasteiger partial charge in [-0.2, -0.15) is 0 Å². The highest BCUT2D eigenvalue weighted by atomic mass is 16.6. The molecule has 1 aliphatic carbocycles. The van der Waals surface area contributed by atoms with Gasteiger partial charge in [-0.1, -0.05) is 86.1 Å². The van der Waals surface area contributed by atoms with Crippen molar-refractivity contribution < 1.29 is 9.47 Å². The van der Waals surface area contributed by atoms with Crippen LogP contribution in [0.1, 0.15) is 30.5 Å². The molecule has 0 saturated heterocycles. The van der Waals surface area contributed by atoms with E-state index in [1.807, 2.05) is 12.1 Å². The van der Waals surface area contributed by atoms with Crippen LogP contribution >= 0.6 is 0 Å². The Morgan fingerprint density at radius 3 is 2.13 bits per heavy atom. The summed E-state index contributed by atoms with van der Waals surface area (Å²) < 4.78 is 13.0. The number of benzene rings is 4. The molecule has 0 bridgehead atoms. The first kappa shape index (κ1) is 17.3. The Kier molecular flexibility index (Phi) is 3.47. The fourth-order valence-electron chi connectivity index (χ4n) is 4.81. The maximum atomic E-state index is 6.53. The van der Waals surface area contributed by atoms with E-state index >= 15 is 0 Å². The first-order chi connectivity index (χ1) is 14.5. The summed E-state index contributed by atoms with van der Waals surface area (Å²) >= 11 is 0. The lowest BCUT2D eigenvalue weighted by molar-refractivity contribution is 0.361. The van der Waals surface area contributed by atoms with Crippen LogP contribution in [0.25, 0.3) is 22.3 Å². The molecule has 0 amide bonds. The van der Waals surface area contributed by atoms with E-state index in [2.05, 4.69) is 87.5 Å². The zero-order valence-electron chi connectivity index (χ0n) is 17.3. The van der Waals surface area contributed by atoms with Crippen molar-refractivity contribution in [3.8, 4) is 45.3 Å². The average molecular weight is 390 g/mol. The van der Waals surface area contributed by atoms with E-state index in [9.17, 15) is 0 Å². The predicted octanol–water partition coefficient (Wildman–Crippen LogP) is 7.87. The van der Waals surface area contributed by atoms with Crippen LogP contribution in [0.4, 0.5) is 0 Å². The van der Waals surface area contributed by atoms with E-state index in [1.54, 1.807) is 0 Å². The van der Waals surface area contributed by atoms with Crippen molar-refractivity contribution in [2.24, 2.45) is 0 Å². The van der Waals surface area contributed by atoms with Gasteiger partial charge in [0.1, 0.15) is 0 Å². The predicted molar refractivity (Wildman–Crippen MR) is 121 cm³/mol. The highest BCUT2D eigenvalue weighted by molar-refractivity contribution is 5.88. The number of fused-ring (bicyclic) bond motifs is 6. The molecular formula is C28H22O2. The lowest BCUT2D eigenvalue weighted by Gasteiger charge is -2.26. The molecule has 2 aliphatic rings. The second-order valence-electron chi connectivity index (χ2n) is 8.69. The molecule has 2 nitrogen and oxygen atoms in total. The van der Waals surface area contributed by atoms with E-state index in [0.29, 0.717) is 0 Å². The minimum absolute atomic E-state index is 0.0612. The maximum absolute atomic E-state index is 6.53. The van der Waals surface area contributed by atoms with E-state index in [1.165, 1.54) is 22.3 Å². The quantitative estimate of drug-likeness (QED) is 0.290. The number of hydrogen-bond donors (Lipinski definition) is 0. The van der Waals surface area contributed by atoms with Crippen molar-refractivity contribution in [1.82, 2.24) is 0 Å². The van der Waals surface area contributed by atoms with E-state index in [0.717, 1.165) is 39.7 Å². The molecule has 4 aromatic rings. The van der Waals surface area contributed by atoms with E-state index in [-0.39, 0.29) is 5.41 Å². The van der Waals surface area contributed by atoms with Crippen LogP contribution in [0.3, 0.4) is 0 Å². The summed E-state index contributed by atoms with van der Waals surface area (Å²) in [7, 11) is 0. The first-order valence-corrected chi connectivity index (χ1v) is 10.4.